The first-order valence-corrected chi connectivity index (χ1v) is 6.52. The lowest BCUT2D eigenvalue weighted by Gasteiger charge is -2.40. The molecule has 1 atom stereocenters. The maximum atomic E-state index is 11.4. The van der Waals surface area contributed by atoms with E-state index in [0.29, 0.717) is 5.57 Å². The van der Waals surface area contributed by atoms with Crippen LogP contribution in [-0.2, 0) is 9.47 Å². The normalized spacial score (nSPS) is 29.9. The van der Waals surface area contributed by atoms with Crippen LogP contribution in [0, 0.1) is 10.1 Å². The lowest BCUT2D eigenvalue weighted by atomic mass is 9.80. The summed E-state index contributed by atoms with van der Waals surface area (Å²) in [7, 11) is 1.40. The average molecular weight is 267 g/mol. The van der Waals surface area contributed by atoms with Crippen LogP contribution in [-0.4, -0.2) is 23.4 Å². The van der Waals surface area contributed by atoms with Crippen molar-refractivity contribution in [3.63, 3.8) is 0 Å². The SMILES string of the molecule is COC1([N+](=O)[O-])CC2=C(OC(C)(C)CC2)C(C)=C1C. The summed E-state index contributed by atoms with van der Waals surface area (Å²) in [5, 5.41) is 11.4. The smallest absolute Gasteiger partial charge is 0.351 e. The topological polar surface area (TPSA) is 61.6 Å². The second-order valence-electron chi connectivity index (χ2n) is 5.97. The molecule has 0 saturated carbocycles. The Morgan fingerprint density at radius 3 is 2.53 bits per heavy atom. The van der Waals surface area contributed by atoms with Gasteiger partial charge in [0.15, 0.2) is 0 Å². The molecule has 1 heterocycles. The van der Waals surface area contributed by atoms with Gasteiger partial charge in [-0.2, -0.15) is 0 Å². The van der Waals surface area contributed by atoms with E-state index in [1.807, 2.05) is 20.8 Å². The van der Waals surface area contributed by atoms with Gasteiger partial charge in [0.2, 0.25) is 0 Å². The van der Waals surface area contributed by atoms with Gasteiger partial charge in [-0.3, -0.25) is 10.1 Å². The number of allylic oxidation sites excluding steroid dienone is 1. The molecule has 5 heteroatoms. The molecule has 0 fully saturated rings. The fourth-order valence-electron chi connectivity index (χ4n) is 2.86. The summed E-state index contributed by atoms with van der Waals surface area (Å²) < 4.78 is 11.3. The van der Waals surface area contributed by atoms with Gasteiger partial charge in [-0.05, 0) is 51.7 Å². The summed E-state index contributed by atoms with van der Waals surface area (Å²) in [5.41, 5.74) is 0.848. The monoisotopic (exact) mass is 267 g/mol. The minimum atomic E-state index is -1.42. The first-order valence-electron chi connectivity index (χ1n) is 6.52. The van der Waals surface area contributed by atoms with Gasteiger partial charge >= 0.3 is 5.72 Å². The van der Waals surface area contributed by atoms with Crippen LogP contribution in [0.5, 0.6) is 0 Å². The van der Waals surface area contributed by atoms with E-state index < -0.39 is 5.72 Å². The molecule has 1 unspecified atom stereocenters. The molecule has 0 saturated heterocycles. The van der Waals surface area contributed by atoms with Crippen LogP contribution in [0.15, 0.2) is 22.5 Å². The highest BCUT2D eigenvalue weighted by Crippen LogP contribution is 2.46. The zero-order chi connectivity index (χ0) is 14.4. The molecule has 0 amide bonds. The van der Waals surface area contributed by atoms with Crippen molar-refractivity contribution in [1.29, 1.82) is 0 Å². The number of rotatable bonds is 2. The standard InChI is InChI=1S/C14H21NO4/c1-9-10(2)14(18-5,15(16)17)8-11-6-7-13(3,4)19-12(9)11/h6-8H2,1-5H3. The Kier molecular flexibility index (Phi) is 3.21. The van der Waals surface area contributed by atoms with Crippen LogP contribution in [0.2, 0.25) is 0 Å². The third kappa shape index (κ3) is 2.06. The van der Waals surface area contributed by atoms with Gasteiger partial charge in [0.1, 0.15) is 11.4 Å². The van der Waals surface area contributed by atoms with Crippen LogP contribution in [0.25, 0.3) is 0 Å². The first kappa shape index (κ1) is 14.1. The summed E-state index contributed by atoms with van der Waals surface area (Å²) in [6, 6.07) is 0. The maximum absolute atomic E-state index is 11.4. The van der Waals surface area contributed by atoms with Crippen molar-refractivity contribution in [3.8, 4) is 0 Å². The number of hydrogen-bond acceptors (Lipinski definition) is 4. The molecule has 5 nitrogen and oxygen atoms in total. The molecule has 0 spiro atoms. The van der Waals surface area contributed by atoms with Crippen molar-refractivity contribution in [3.05, 3.63) is 32.6 Å². The quantitative estimate of drug-likeness (QED) is 0.438. The zero-order valence-corrected chi connectivity index (χ0v) is 12.2. The molecule has 1 aliphatic carbocycles. The van der Waals surface area contributed by atoms with E-state index >= 15 is 0 Å². The second kappa shape index (κ2) is 4.34. The van der Waals surface area contributed by atoms with Crippen molar-refractivity contribution in [1.82, 2.24) is 0 Å². The Bertz CT molecular complexity index is 490. The largest absolute Gasteiger partial charge is 0.488 e. The van der Waals surface area contributed by atoms with Crippen molar-refractivity contribution >= 4 is 0 Å². The highest BCUT2D eigenvalue weighted by atomic mass is 16.7. The third-order valence-corrected chi connectivity index (χ3v) is 4.30. The summed E-state index contributed by atoms with van der Waals surface area (Å²) in [4.78, 5) is 11.1. The molecule has 0 aromatic carbocycles. The van der Waals surface area contributed by atoms with E-state index in [-0.39, 0.29) is 16.9 Å². The van der Waals surface area contributed by atoms with E-state index in [0.717, 1.165) is 29.7 Å². The molecule has 106 valence electrons. The number of nitro groups is 1. The fraction of sp³-hybridized carbons (Fsp3) is 0.714. The lowest BCUT2D eigenvalue weighted by molar-refractivity contribution is -0.614. The van der Waals surface area contributed by atoms with Crippen LogP contribution >= 0.6 is 0 Å². The summed E-state index contributed by atoms with van der Waals surface area (Å²) in [6.07, 6.45) is 1.98. The van der Waals surface area contributed by atoms with Gasteiger partial charge in [0, 0.05) is 12.7 Å². The molecular weight excluding hydrogens is 246 g/mol. The Labute approximate surface area is 113 Å². The van der Waals surface area contributed by atoms with E-state index in [2.05, 4.69) is 0 Å². The van der Waals surface area contributed by atoms with Gasteiger partial charge in [-0.15, -0.1) is 0 Å². The third-order valence-electron chi connectivity index (χ3n) is 4.30. The minimum absolute atomic E-state index is 0.206. The minimum Gasteiger partial charge on any atom is -0.488 e. The van der Waals surface area contributed by atoms with Gasteiger partial charge in [0.25, 0.3) is 0 Å². The molecule has 2 aliphatic rings. The Hall–Kier alpha value is -1.36. The number of methoxy groups -OCH3 is 1. The number of ether oxygens (including phenoxy) is 2. The predicted octanol–water partition coefficient (Wildman–Crippen LogP) is 3.19. The molecule has 0 radical (unpaired) electrons. The summed E-state index contributed by atoms with van der Waals surface area (Å²) in [5.74, 6) is 0.836. The van der Waals surface area contributed by atoms with Crippen molar-refractivity contribution in [2.75, 3.05) is 7.11 Å². The van der Waals surface area contributed by atoms with Gasteiger partial charge in [0.05, 0.1) is 11.3 Å². The molecule has 1 aliphatic heterocycles. The first-order chi connectivity index (χ1) is 8.73. The highest BCUT2D eigenvalue weighted by Gasteiger charge is 2.51. The van der Waals surface area contributed by atoms with Gasteiger partial charge < -0.3 is 9.47 Å². The highest BCUT2D eigenvalue weighted by molar-refractivity contribution is 5.42. The predicted molar refractivity (Wildman–Crippen MR) is 71.1 cm³/mol. The average Bonchev–Trinajstić information content (AvgIpc) is 2.34. The van der Waals surface area contributed by atoms with Gasteiger partial charge in [-0.1, -0.05) is 0 Å². The summed E-state index contributed by atoms with van der Waals surface area (Å²) >= 11 is 0. The van der Waals surface area contributed by atoms with Crippen molar-refractivity contribution in [2.24, 2.45) is 0 Å². The van der Waals surface area contributed by atoms with E-state index in [4.69, 9.17) is 9.47 Å². The Morgan fingerprint density at radius 2 is 2.00 bits per heavy atom. The zero-order valence-electron chi connectivity index (χ0n) is 12.2. The molecular formula is C14H21NO4. The number of hydrogen-bond donors (Lipinski definition) is 0. The van der Waals surface area contributed by atoms with Crippen LogP contribution in [0.3, 0.4) is 0 Å². The van der Waals surface area contributed by atoms with Crippen molar-refractivity contribution in [2.45, 2.75) is 58.3 Å². The Morgan fingerprint density at radius 1 is 1.37 bits per heavy atom. The van der Waals surface area contributed by atoms with Crippen molar-refractivity contribution < 1.29 is 14.4 Å². The lowest BCUT2D eigenvalue weighted by Crippen LogP contribution is -2.46. The molecule has 0 aromatic rings. The van der Waals surface area contributed by atoms with Gasteiger partial charge in [-0.25, -0.2) is 0 Å². The van der Waals surface area contributed by atoms with E-state index in [1.165, 1.54) is 7.11 Å². The molecule has 0 aromatic heterocycles. The van der Waals surface area contributed by atoms with Crippen LogP contribution in [0.1, 0.15) is 47.0 Å². The van der Waals surface area contributed by atoms with Crippen LogP contribution in [0.4, 0.5) is 0 Å². The Balaban J connectivity index is 2.50. The molecule has 19 heavy (non-hydrogen) atoms. The molecule has 2 rings (SSSR count). The maximum Gasteiger partial charge on any atom is 0.351 e. The molecule has 0 bridgehead atoms. The van der Waals surface area contributed by atoms with E-state index in [1.54, 1.807) is 6.92 Å². The fourth-order valence-corrected chi connectivity index (χ4v) is 2.86. The summed E-state index contributed by atoms with van der Waals surface area (Å²) in [6.45, 7) is 7.73. The van der Waals surface area contributed by atoms with Crippen LogP contribution < -0.4 is 0 Å². The molecule has 0 N–H and O–H groups in total. The van der Waals surface area contributed by atoms with E-state index in [9.17, 15) is 10.1 Å². The number of nitrogens with zero attached hydrogens (tertiary/aromatic N) is 1. The second-order valence-corrected chi connectivity index (χ2v) is 5.97.